The molecule has 5 heteroatoms. The van der Waals surface area contributed by atoms with Gasteiger partial charge in [-0.3, -0.25) is 4.79 Å². The van der Waals surface area contributed by atoms with Crippen LogP contribution in [0.4, 0.5) is 0 Å². The fourth-order valence-corrected chi connectivity index (χ4v) is 5.83. The fraction of sp³-hybridized carbons (Fsp3) is 0.250. The zero-order chi connectivity index (χ0) is 17.2. The van der Waals surface area contributed by atoms with Crippen molar-refractivity contribution in [3.8, 4) is 0 Å². The van der Waals surface area contributed by atoms with Crippen LogP contribution in [0.3, 0.4) is 0 Å². The van der Waals surface area contributed by atoms with Crippen molar-refractivity contribution in [2.24, 2.45) is 0 Å². The van der Waals surface area contributed by atoms with Crippen molar-refractivity contribution in [1.29, 1.82) is 0 Å². The third kappa shape index (κ3) is 3.57. The molecule has 1 atom stereocenters. The van der Waals surface area contributed by atoms with Crippen molar-refractivity contribution in [3.05, 3.63) is 70.1 Å². The van der Waals surface area contributed by atoms with Gasteiger partial charge in [0.05, 0.1) is 4.88 Å². The summed E-state index contributed by atoms with van der Waals surface area (Å²) in [5, 5.41) is 2.33. The first-order valence-electron chi connectivity index (χ1n) is 8.36. The molecule has 2 nitrogen and oxygen atoms in total. The molecule has 1 amide bonds. The third-order valence-electron chi connectivity index (χ3n) is 4.52. The van der Waals surface area contributed by atoms with Crippen molar-refractivity contribution in [2.75, 3.05) is 18.8 Å². The Bertz CT molecular complexity index is 874. The lowest BCUT2D eigenvalue weighted by Crippen LogP contribution is -2.32. The molecule has 0 N–H and O–H groups in total. The first-order chi connectivity index (χ1) is 12.2. The van der Waals surface area contributed by atoms with Gasteiger partial charge in [-0.2, -0.15) is 11.8 Å². The summed E-state index contributed by atoms with van der Waals surface area (Å²) >= 11 is 9.84. The molecule has 0 saturated carbocycles. The first-order valence-corrected chi connectivity index (χ1v) is 10.6. The Balaban J connectivity index is 1.50. The van der Waals surface area contributed by atoms with Crippen molar-refractivity contribution in [3.63, 3.8) is 0 Å². The van der Waals surface area contributed by atoms with Crippen LogP contribution in [0.2, 0.25) is 5.02 Å². The number of amides is 1. The average Bonchev–Trinajstić information content (AvgIpc) is 2.92. The van der Waals surface area contributed by atoms with E-state index in [-0.39, 0.29) is 5.91 Å². The van der Waals surface area contributed by atoms with Gasteiger partial charge in [-0.15, -0.1) is 11.3 Å². The smallest absolute Gasteiger partial charge is 0.263 e. The summed E-state index contributed by atoms with van der Waals surface area (Å²) in [5.74, 6) is 1.09. The maximum Gasteiger partial charge on any atom is 0.263 e. The molecule has 128 valence electrons. The number of hydrogen-bond donors (Lipinski definition) is 0. The summed E-state index contributed by atoms with van der Waals surface area (Å²) in [6.45, 7) is 1.56. The van der Waals surface area contributed by atoms with Crippen LogP contribution in [0.1, 0.15) is 26.9 Å². The van der Waals surface area contributed by atoms with E-state index in [1.165, 1.54) is 10.3 Å². The van der Waals surface area contributed by atoms with Crippen LogP contribution in [-0.4, -0.2) is 29.6 Å². The van der Waals surface area contributed by atoms with E-state index in [0.29, 0.717) is 5.25 Å². The van der Waals surface area contributed by atoms with E-state index >= 15 is 0 Å². The second-order valence-electron chi connectivity index (χ2n) is 6.11. The van der Waals surface area contributed by atoms with Crippen LogP contribution >= 0.6 is 34.7 Å². The van der Waals surface area contributed by atoms with Crippen molar-refractivity contribution in [1.82, 2.24) is 4.90 Å². The van der Waals surface area contributed by atoms with Gasteiger partial charge in [0.25, 0.3) is 5.91 Å². The molecule has 1 aliphatic heterocycles. The number of rotatable bonds is 2. The minimum atomic E-state index is 0.154. The molecule has 2 aromatic carbocycles. The summed E-state index contributed by atoms with van der Waals surface area (Å²) in [4.78, 5) is 15.8. The number of hydrogen-bond acceptors (Lipinski definition) is 3. The largest absolute Gasteiger partial charge is 0.337 e. The van der Waals surface area contributed by atoms with Crippen molar-refractivity contribution in [2.45, 2.75) is 11.7 Å². The van der Waals surface area contributed by atoms with Gasteiger partial charge in [0.2, 0.25) is 0 Å². The van der Waals surface area contributed by atoms with Gasteiger partial charge < -0.3 is 4.90 Å². The topological polar surface area (TPSA) is 20.3 Å². The maximum absolute atomic E-state index is 12.9. The highest BCUT2D eigenvalue weighted by Gasteiger charge is 2.24. The van der Waals surface area contributed by atoms with Crippen LogP contribution in [0, 0.1) is 0 Å². The number of nitrogens with zero attached hydrogens (tertiary/aromatic N) is 1. The van der Waals surface area contributed by atoms with E-state index in [1.807, 2.05) is 53.1 Å². The molecule has 25 heavy (non-hydrogen) atoms. The second kappa shape index (κ2) is 7.40. The van der Waals surface area contributed by atoms with Gasteiger partial charge in [-0.1, -0.05) is 48.0 Å². The van der Waals surface area contributed by atoms with Gasteiger partial charge in [-0.05, 0) is 35.6 Å². The van der Waals surface area contributed by atoms with Crippen LogP contribution < -0.4 is 0 Å². The van der Waals surface area contributed by atoms with E-state index in [1.54, 1.807) is 11.3 Å². The highest BCUT2D eigenvalue weighted by Crippen LogP contribution is 2.38. The third-order valence-corrected chi connectivity index (χ3v) is 7.28. The molecule has 1 fully saturated rings. The number of carbonyl (C=O) groups is 1. The summed E-state index contributed by atoms with van der Waals surface area (Å²) in [6.07, 6.45) is 0.936. The lowest BCUT2D eigenvalue weighted by molar-refractivity contribution is 0.0771. The number of carbonyl (C=O) groups excluding carboxylic acids is 1. The molecule has 3 aromatic rings. The van der Waals surface area contributed by atoms with Crippen LogP contribution in [0.5, 0.6) is 0 Å². The lowest BCUT2D eigenvalue weighted by Gasteiger charge is -2.19. The first kappa shape index (κ1) is 17.0. The van der Waals surface area contributed by atoms with Gasteiger partial charge >= 0.3 is 0 Å². The zero-order valence-electron chi connectivity index (χ0n) is 13.7. The molecule has 1 aliphatic rings. The van der Waals surface area contributed by atoms with E-state index in [4.69, 9.17) is 11.6 Å². The molecule has 1 aromatic heterocycles. The molecule has 4 rings (SSSR count). The molecule has 1 saturated heterocycles. The Hall–Kier alpha value is -1.49. The van der Waals surface area contributed by atoms with Gasteiger partial charge in [0.1, 0.15) is 0 Å². The summed E-state index contributed by atoms with van der Waals surface area (Å²) < 4.78 is 1.17. The standard InChI is InChI=1S/C20H18ClNOS2/c21-16-7-3-2-6-15(16)18-9-10-22(11-12-24-18)20(23)19-13-14-5-1-4-8-17(14)25-19/h1-8,13,18H,9-12H2. The van der Waals surface area contributed by atoms with Crippen LogP contribution in [0.15, 0.2) is 54.6 Å². The molecule has 0 aliphatic carbocycles. The zero-order valence-corrected chi connectivity index (χ0v) is 16.0. The minimum Gasteiger partial charge on any atom is -0.337 e. The average molecular weight is 388 g/mol. The number of halogens is 1. The van der Waals surface area contributed by atoms with Crippen LogP contribution in [-0.2, 0) is 0 Å². The van der Waals surface area contributed by atoms with Crippen molar-refractivity contribution >= 4 is 50.7 Å². The Morgan fingerprint density at radius 3 is 2.72 bits per heavy atom. The summed E-state index contributed by atoms with van der Waals surface area (Å²) in [5.41, 5.74) is 1.19. The quantitative estimate of drug-likeness (QED) is 0.547. The highest BCUT2D eigenvalue weighted by molar-refractivity contribution is 7.99. The minimum absolute atomic E-state index is 0.154. The SMILES string of the molecule is O=C(c1cc2ccccc2s1)N1CCSC(c2ccccc2Cl)CC1. The molecule has 2 heterocycles. The second-order valence-corrected chi connectivity index (χ2v) is 8.91. The highest BCUT2D eigenvalue weighted by atomic mass is 35.5. The predicted octanol–water partition coefficient (Wildman–Crippen LogP) is 5.88. The normalized spacial score (nSPS) is 18.3. The van der Waals surface area contributed by atoms with Gasteiger partial charge in [0, 0.05) is 33.8 Å². The summed E-state index contributed by atoms with van der Waals surface area (Å²) in [6, 6.07) is 18.2. The van der Waals surface area contributed by atoms with Gasteiger partial charge in [-0.25, -0.2) is 0 Å². The molecule has 0 bridgehead atoms. The van der Waals surface area contributed by atoms with E-state index < -0.39 is 0 Å². The predicted molar refractivity (Wildman–Crippen MR) is 109 cm³/mol. The molecular formula is C20H18ClNOS2. The van der Waals surface area contributed by atoms with Gasteiger partial charge in [0.15, 0.2) is 0 Å². The Morgan fingerprint density at radius 2 is 1.88 bits per heavy atom. The fourth-order valence-electron chi connectivity index (χ4n) is 3.20. The van der Waals surface area contributed by atoms with E-state index in [0.717, 1.165) is 40.5 Å². The maximum atomic E-state index is 12.9. The van der Waals surface area contributed by atoms with Crippen molar-refractivity contribution < 1.29 is 4.79 Å². The molecular weight excluding hydrogens is 370 g/mol. The Morgan fingerprint density at radius 1 is 1.08 bits per heavy atom. The lowest BCUT2D eigenvalue weighted by atomic mass is 10.1. The monoisotopic (exact) mass is 387 g/mol. The van der Waals surface area contributed by atoms with E-state index in [2.05, 4.69) is 18.2 Å². The molecule has 0 spiro atoms. The Kier molecular flexibility index (Phi) is 5.02. The Labute approximate surface area is 160 Å². The number of thiophene rings is 1. The summed E-state index contributed by atoms with van der Waals surface area (Å²) in [7, 11) is 0. The van der Waals surface area contributed by atoms with Crippen LogP contribution in [0.25, 0.3) is 10.1 Å². The number of thioether (sulfide) groups is 1. The van der Waals surface area contributed by atoms with E-state index in [9.17, 15) is 4.79 Å². The number of fused-ring (bicyclic) bond motifs is 1. The number of benzene rings is 2. The molecule has 0 radical (unpaired) electrons. The molecule has 1 unspecified atom stereocenters.